The van der Waals surface area contributed by atoms with E-state index >= 15 is 0 Å². The first-order chi connectivity index (χ1) is 9.49. The maximum Gasteiger partial charge on any atom is 0.241 e. The Labute approximate surface area is 120 Å². The number of benzene rings is 1. The van der Waals surface area contributed by atoms with Crippen molar-refractivity contribution in [3.63, 3.8) is 0 Å². The summed E-state index contributed by atoms with van der Waals surface area (Å²) in [4.78, 5) is 0.298. The molecule has 0 saturated heterocycles. The number of nitrogens with one attached hydrogen (secondary N) is 1. The Morgan fingerprint density at radius 1 is 1.30 bits per heavy atom. The molecule has 2 fully saturated rings. The highest BCUT2D eigenvalue weighted by molar-refractivity contribution is 7.89. The van der Waals surface area contributed by atoms with E-state index in [9.17, 15) is 13.5 Å². The van der Waals surface area contributed by atoms with Crippen LogP contribution in [0.5, 0.6) is 0 Å². The fraction of sp³-hybridized carbons (Fsp3) is 0.600. The van der Waals surface area contributed by atoms with Crippen LogP contribution in [0.1, 0.15) is 36.8 Å². The summed E-state index contributed by atoms with van der Waals surface area (Å²) in [5, 5.41) is 9.17. The molecule has 3 rings (SSSR count). The molecule has 2 saturated carbocycles. The molecule has 0 aromatic heterocycles. The molecule has 2 bridgehead atoms. The minimum atomic E-state index is -3.49. The van der Waals surface area contributed by atoms with Crippen LogP contribution in [0.3, 0.4) is 0 Å². The Balaban J connectivity index is 1.84. The first-order valence-corrected chi connectivity index (χ1v) is 8.70. The Hall–Kier alpha value is -0.910. The maximum absolute atomic E-state index is 12.6. The van der Waals surface area contributed by atoms with E-state index in [1.165, 1.54) is 12.8 Å². The molecule has 0 radical (unpaired) electrons. The van der Waals surface area contributed by atoms with Gasteiger partial charge < -0.3 is 5.11 Å². The number of aryl methyl sites for hydroxylation is 1. The van der Waals surface area contributed by atoms with Gasteiger partial charge in [-0.05, 0) is 55.2 Å². The number of rotatable bonds is 4. The third-order valence-corrected chi connectivity index (χ3v) is 6.40. The topological polar surface area (TPSA) is 66.4 Å². The zero-order valence-corrected chi connectivity index (χ0v) is 12.5. The summed E-state index contributed by atoms with van der Waals surface area (Å²) in [5.41, 5.74) is 1.35. The van der Waals surface area contributed by atoms with Crippen molar-refractivity contribution in [1.29, 1.82) is 0 Å². The summed E-state index contributed by atoms with van der Waals surface area (Å²) < 4.78 is 28.0. The molecule has 2 aliphatic rings. The summed E-state index contributed by atoms with van der Waals surface area (Å²) in [5.74, 6) is 1.22. The van der Waals surface area contributed by atoms with Gasteiger partial charge in [-0.1, -0.05) is 18.6 Å². The SMILES string of the molecule is Cc1ccc(CO)cc1S(=O)(=O)NC1CC2CCC1C2. The fourth-order valence-corrected chi connectivity index (χ4v) is 5.30. The third-order valence-electron chi connectivity index (χ3n) is 4.77. The lowest BCUT2D eigenvalue weighted by Gasteiger charge is -2.23. The van der Waals surface area contributed by atoms with Crippen molar-refractivity contribution in [3.8, 4) is 0 Å². The fourth-order valence-electron chi connectivity index (χ4n) is 3.68. The second kappa shape index (κ2) is 5.13. The second-order valence-corrected chi connectivity index (χ2v) is 7.84. The Morgan fingerprint density at radius 3 is 2.70 bits per heavy atom. The van der Waals surface area contributed by atoms with E-state index in [1.807, 2.05) is 0 Å². The highest BCUT2D eigenvalue weighted by Gasteiger charge is 2.41. The van der Waals surface area contributed by atoms with Gasteiger partial charge in [-0.25, -0.2) is 13.1 Å². The zero-order chi connectivity index (χ0) is 14.3. The molecule has 0 amide bonds. The molecule has 2 N–H and O–H groups in total. The number of aliphatic hydroxyl groups excluding tert-OH is 1. The summed E-state index contributed by atoms with van der Waals surface area (Å²) >= 11 is 0. The van der Waals surface area contributed by atoms with Crippen LogP contribution in [-0.2, 0) is 16.6 Å². The molecule has 3 atom stereocenters. The van der Waals surface area contributed by atoms with Gasteiger partial charge in [-0.2, -0.15) is 0 Å². The van der Waals surface area contributed by atoms with Gasteiger partial charge in [0.1, 0.15) is 0 Å². The molecule has 0 aliphatic heterocycles. The van der Waals surface area contributed by atoms with E-state index in [4.69, 9.17) is 0 Å². The molecule has 0 heterocycles. The van der Waals surface area contributed by atoms with E-state index in [0.717, 1.165) is 18.4 Å². The predicted octanol–water partition coefficient (Wildman–Crippen LogP) is 1.95. The lowest BCUT2D eigenvalue weighted by molar-refractivity contribution is 0.281. The van der Waals surface area contributed by atoms with Crippen LogP contribution in [-0.4, -0.2) is 19.6 Å². The summed E-state index contributed by atoms with van der Waals surface area (Å²) in [7, 11) is -3.49. The van der Waals surface area contributed by atoms with Crippen LogP contribution in [0.25, 0.3) is 0 Å². The number of fused-ring (bicyclic) bond motifs is 2. The van der Waals surface area contributed by atoms with Gasteiger partial charge in [0.15, 0.2) is 0 Å². The predicted molar refractivity (Wildman–Crippen MR) is 76.7 cm³/mol. The summed E-state index contributed by atoms with van der Waals surface area (Å²) in [6.45, 7) is 1.65. The van der Waals surface area contributed by atoms with Crippen LogP contribution in [0.15, 0.2) is 23.1 Å². The van der Waals surface area contributed by atoms with Gasteiger partial charge in [0.25, 0.3) is 0 Å². The highest BCUT2D eigenvalue weighted by Crippen LogP contribution is 2.44. The molecule has 110 valence electrons. The molecular formula is C15H21NO3S. The van der Waals surface area contributed by atoms with E-state index < -0.39 is 10.0 Å². The van der Waals surface area contributed by atoms with Crippen LogP contribution in [0.2, 0.25) is 0 Å². The average molecular weight is 295 g/mol. The van der Waals surface area contributed by atoms with Crippen molar-refractivity contribution >= 4 is 10.0 Å². The van der Waals surface area contributed by atoms with Crippen molar-refractivity contribution in [2.45, 2.75) is 50.2 Å². The van der Waals surface area contributed by atoms with E-state index in [2.05, 4.69) is 4.72 Å². The van der Waals surface area contributed by atoms with E-state index in [0.29, 0.717) is 22.3 Å². The molecule has 20 heavy (non-hydrogen) atoms. The number of hydrogen-bond acceptors (Lipinski definition) is 3. The normalized spacial score (nSPS) is 29.0. The molecule has 1 aromatic rings. The standard InChI is InChI=1S/C15H21NO3S/c1-10-2-3-12(9-17)8-15(10)20(18,19)16-14-7-11-4-5-13(14)6-11/h2-3,8,11,13-14,16-17H,4-7,9H2,1H3. The Morgan fingerprint density at radius 2 is 2.10 bits per heavy atom. The van der Waals surface area contributed by atoms with Crippen LogP contribution in [0.4, 0.5) is 0 Å². The average Bonchev–Trinajstić information content (AvgIpc) is 3.01. The van der Waals surface area contributed by atoms with Gasteiger partial charge in [0.05, 0.1) is 11.5 Å². The van der Waals surface area contributed by atoms with Gasteiger partial charge in [-0.3, -0.25) is 0 Å². The van der Waals surface area contributed by atoms with E-state index in [-0.39, 0.29) is 12.6 Å². The van der Waals surface area contributed by atoms with Gasteiger partial charge >= 0.3 is 0 Å². The zero-order valence-electron chi connectivity index (χ0n) is 11.7. The lowest BCUT2D eigenvalue weighted by Crippen LogP contribution is -2.38. The smallest absolute Gasteiger partial charge is 0.241 e. The maximum atomic E-state index is 12.6. The largest absolute Gasteiger partial charge is 0.392 e. The third kappa shape index (κ3) is 2.50. The quantitative estimate of drug-likeness (QED) is 0.892. The first kappa shape index (κ1) is 14.0. The number of hydrogen-bond donors (Lipinski definition) is 2. The summed E-state index contributed by atoms with van der Waals surface area (Å²) in [6, 6.07) is 5.17. The van der Waals surface area contributed by atoms with Crippen molar-refractivity contribution < 1.29 is 13.5 Å². The van der Waals surface area contributed by atoms with Gasteiger partial charge in [0.2, 0.25) is 10.0 Å². The van der Waals surface area contributed by atoms with E-state index in [1.54, 1.807) is 25.1 Å². The molecule has 3 unspecified atom stereocenters. The van der Waals surface area contributed by atoms with Gasteiger partial charge in [-0.15, -0.1) is 0 Å². The Kier molecular flexibility index (Phi) is 3.60. The second-order valence-electron chi connectivity index (χ2n) is 6.16. The van der Waals surface area contributed by atoms with Crippen molar-refractivity contribution in [3.05, 3.63) is 29.3 Å². The van der Waals surface area contributed by atoms with Crippen LogP contribution >= 0.6 is 0 Å². The van der Waals surface area contributed by atoms with Crippen molar-refractivity contribution in [2.24, 2.45) is 11.8 Å². The molecule has 4 nitrogen and oxygen atoms in total. The summed E-state index contributed by atoms with van der Waals surface area (Å²) in [6.07, 6.45) is 4.54. The molecule has 1 aromatic carbocycles. The van der Waals surface area contributed by atoms with Crippen LogP contribution in [0, 0.1) is 18.8 Å². The molecular weight excluding hydrogens is 274 g/mol. The molecule has 5 heteroatoms. The minimum Gasteiger partial charge on any atom is -0.392 e. The monoisotopic (exact) mass is 295 g/mol. The highest BCUT2D eigenvalue weighted by atomic mass is 32.2. The number of aliphatic hydroxyl groups is 1. The minimum absolute atomic E-state index is 0.0935. The van der Waals surface area contributed by atoms with Crippen molar-refractivity contribution in [1.82, 2.24) is 4.72 Å². The molecule has 2 aliphatic carbocycles. The molecule has 0 spiro atoms. The first-order valence-electron chi connectivity index (χ1n) is 7.22. The number of sulfonamides is 1. The van der Waals surface area contributed by atoms with Gasteiger partial charge in [0, 0.05) is 6.04 Å². The van der Waals surface area contributed by atoms with Crippen LogP contribution < -0.4 is 4.72 Å². The van der Waals surface area contributed by atoms with Crippen molar-refractivity contribution in [2.75, 3.05) is 0 Å². The lowest BCUT2D eigenvalue weighted by atomic mass is 9.96. The Bertz CT molecular complexity index is 612.